The molecule has 1 aromatic rings. The van der Waals surface area contributed by atoms with Crippen LogP contribution in [0.2, 0.25) is 5.02 Å². The molecular weight excluding hydrogens is 282 g/mol. The number of non-ortho nitro benzene ring substituents is 1. The largest absolute Gasteiger partial charge is 0.342 e. The molecule has 0 unspecified atom stereocenters. The van der Waals surface area contributed by atoms with Crippen molar-refractivity contribution in [3.63, 3.8) is 0 Å². The molecule has 20 heavy (non-hydrogen) atoms. The maximum absolute atomic E-state index is 11.8. The number of carbonyl (C=O) groups is 1. The van der Waals surface area contributed by atoms with Crippen LogP contribution in [-0.4, -0.2) is 35.4 Å². The number of nitro groups is 1. The molecule has 1 N–H and O–H groups in total. The predicted octanol–water partition coefficient (Wildman–Crippen LogP) is 1.96. The van der Waals surface area contributed by atoms with E-state index >= 15 is 0 Å². The number of hydrogen-bond acceptors (Lipinski definition) is 4. The standard InChI is InChI=1S/C13H16ClN3O3/c14-12-7-11(17(19)20)4-3-10(12)8-15-9-13(18)16-5-1-2-6-16/h3-4,7,15H,1-2,5-6,8-9H2. The van der Waals surface area contributed by atoms with Crippen LogP contribution in [0.15, 0.2) is 18.2 Å². The molecule has 1 saturated heterocycles. The maximum atomic E-state index is 11.8. The normalized spacial score (nSPS) is 14.6. The number of rotatable bonds is 5. The Bertz CT molecular complexity index is 516. The SMILES string of the molecule is O=C(CNCc1ccc([N+](=O)[O-])cc1Cl)N1CCCC1. The molecule has 1 aliphatic rings. The van der Waals surface area contributed by atoms with Crippen LogP contribution in [-0.2, 0) is 11.3 Å². The van der Waals surface area contributed by atoms with Crippen LogP contribution in [0.4, 0.5) is 5.69 Å². The number of halogens is 1. The van der Waals surface area contributed by atoms with E-state index < -0.39 is 4.92 Å². The molecule has 0 saturated carbocycles. The minimum Gasteiger partial charge on any atom is -0.342 e. The molecule has 0 radical (unpaired) electrons. The van der Waals surface area contributed by atoms with Crippen molar-refractivity contribution in [2.24, 2.45) is 0 Å². The Hall–Kier alpha value is -1.66. The van der Waals surface area contributed by atoms with Crippen LogP contribution >= 0.6 is 11.6 Å². The summed E-state index contributed by atoms with van der Waals surface area (Å²) >= 11 is 5.98. The summed E-state index contributed by atoms with van der Waals surface area (Å²) in [7, 11) is 0. The van der Waals surface area contributed by atoms with Gasteiger partial charge in [0.15, 0.2) is 0 Å². The Morgan fingerprint density at radius 2 is 2.10 bits per heavy atom. The van der Waals surface area contributed by atoms with Crippen molar-refractivity contribution in [1.82, 2.24) is 10.2 Å². The topological polar surface area (TPSA) is 75.5 Å². The second-order valence-corrected chi connectivity index (χ2v) is 5.13. The predicted molar refractivity (Wildman–Crippen MR) is 75.6 cm³/mol. The van der Waals surface area contributed by atoms with E-state index in [-0.39, 0.29) is 18.1 Å². The number of nitro benzene ring substituents is 1. The third kappa shape index (κ3) is 3.68. The Morgan fingerprint density at radius 1 is 1.40 bits per heavy atom. The summed E-state index contributed by atoms with van der Waals surface area (Å²) in [6.45, 7) is 2.33. The highest BCUT2D eigenvalue weighted by Gasteiger charge is 2.17. The average Bonchev–Trinajstić information content (AvgIpc) is 2.94. The van der Waals surface area contributed by atoms with Crippen molar-refractivity contribution in [2.45, 2.75) is 19.4 Å². The molecule has 1 heterocycles. The summed E-state index contributed by atoms with van der Waals surface area (Å²) in [5.41, 5.74) is 0.707. The highest BCUT2D eigenvalue weighted by Crippen LogP contribution is 2.22. The quantitative estimate of drug-likeness (QED) is 0.666. The molecule has 2 rings (SSSR count). The van der Waals surface area contributed by atoms with Gasteiger partial charge in [0.1, 0.15) is 0 Å². The summed E-state index contributed by atoms with van der Waals surface area (Å²) in [6.07, 6.45) is 2.14. The van der Waals surface area contributed by atoms with Gasteiger partial charge in [-0.15, -0.1) is 0 Å². The average molecular weight is 298 g/mol. The van der Waals surface area contributed by atoms with Gasteiger partial charge in [-0.05, 0) is 24.5 Å². The molecular formula is C13H16ClN3O3. The molecule has 1 aliphatic heterocycles. The zero-order valence-electron chi connectivity index (χ0n) is 11.0. The fraction of sp³-hybridized carbons (Fsp3) is 0.462. The van der Waals surface area contributed by atoms with Gasteiger partial charge in [-0.2, -0.15) is 0 Å². The molecule has 1 amide bonds. The number of amides is 1. The van der Waals surface area contributed by atoms with Gasteiger partial charge < -0.3 is 10.2 Å². The third-order valence-electron chi connectivity index (χ3n) is 3.30. The molecule has 0 bridgehead atoms. The number of nitrogens with zero attached hydrogens (tertiary/aromatic N) is 2. The molecule has 7 heteroatoms. The molecule has 0 atom stereocenters. The first-order valence-corrected chi connectivity index (χ1v) is 6.87. The van der Waals surface area contributed by atoms with Gasteiger partial charge in [0, 0.05) is 31.8 Å². The van der Waals surface area contributed by atoms with Crippen molar-refractivity contribution in [3.8, 4) is 0 Å². The lowest BCUT2D eigenvalue weighted by atomic mass is 10.2. The molecule has 0 spiro atoms. The van der Waals surface area contributed by atoms with Crippen molar-refractivity contribution in [3.05, 3.63) is 38.9 Å². The Morgan fingerprint density at radius 3 is 2.70 bits per heavy atom. The summed E-state index contributed by atoms with van der Waals surface area (Å²) < 4.78 is 0. The Labute approximate surface area is 121 Å². The van der Waals surface area contributed by atoms with Crippen molar-refractivity contribution >= 4 is 23.2 Å². The van der Waals surface area contributed by atoms with Gasteiger partial charge in [0.2, 0.25) is 5.91 Å². The smallest absolute Gasteiger partial charge is 0.270 e. The van der Waals surface area contributed by atoms with Crippen molar-refractivity contribution in [1.29, 1.82) is 0 Å². The van der Waals surface area contributed by atoms with E-state index in [0.717, 1.165) is 31.5 Å². The van der Waals surface area contributed by atoms with Crippen LogP contribution in [0.25, 0.3) is 0 Å². The molecule has 0 aliphatic carbocycles. The lowest BCUT2D eigenvalue weighted by Crippen LogP contribution is -2.36. The summed E-state index contributed by atoms with van der Waals surface area (Å²) in [6, 6.07) is 4.33. The van der Waals surface area contributed by atoms with E-state index in [0.29, 0.717) is 11.6 Å². The zero-order chi connectivity index (χ0) is 14.5. The van der Waals surface area contributed by atoms with Gasteiger partial charge in [-0.3, -0.25) is 14.9 Å². The highest BCUT2D eigenvalue weighted by molar-refractivity contribution is 6.31. The maximum Gasteiger partial charge on any atom is 0.270 e. The highest BCUT2D eigenvalue weighted by atomic mass is 35.5. The van der Waals surface area contributed by atoms with Crippen molar-refractivity contribution < 1.29 is 9.72 Å². The van der Waals surface area contributed by atoms with E-state index in [1.54, 1.807) is 6.07 Å². The van der Waals surface area contributed by atoms with Gasteiger partial charge in [0.05, 0.1) is 16.5 Å². The van der Waals surface area contributed by atoms with E-state index in [4.69, 9.17) is 11.6 Å². The second-order valence-electron chi connectivity index (χ2n) is 4.72. The molecule has 1 aromatic carbocycles. The van der Waals surface area contributed by atoms with Gasteiger partial charge in [-0.1, -0.05) is 11.6 Å². The number of benzene rings is 1. The monoisotopic (exact) mass is 297 g/mol. The summed E-state index contributed by atoms with van der Waals surface area (Å²) in [4.78, 5) is 23.8. The lowest BCUT2D eigenvalue weighted by Gasteiger charge is -2.15. The number of carbonyl (C=O) groups excluding carboxylic acids is 1. The van der Waals surface area contributed by atoms with Crippen LogP contribution in [0.3, 0.4) is 0 Å². The fourth-order valence-electron chi connectivity index (χ4n) is 2.18. The zero-order valence-corrected chi connectivity index (χ0v) is 11.7. The van der Waals surface area contributed by atoms with Crippen LogP contribution < -0.4 is 5.32 Å². The van der Waals surface area contributed by atoms with Crippen molar-refractivity contribution in [2.75, 3.05) is 19.6 Å². The van der Waals surface area contributed by atoms with Gasteiger partial charge >= 0.3 is 0 Å². The minimum atomic E-state index is -0.486. The van der Waals surface area contributed by atoms with E-state index in [9.17, 15) is 14.9 Å². The van der Waals surface area contributed by atoms with Crippen LogP contribution in [0, 0.1) is 10.1 Å². The van der Waals surface area contributed by atoms with E-state index in [1.807, 2.05) is 4.90 Å². The third-order valence-corrected chi connectivity index (χ3v) is 3.65. The Balaban J connectivity index is 1.84. The number of nitrogens with one attached hydrogen (secondary N) is 1. The van der Waals surface area contributed by atoms with Gasteiger partial charge in [-0.25, -0.2) is 0 Å². The van der Waals surface area contributed by atoms with Crippen LogP contribution in [0.1, 0.15) is 18.4 Å². The van der Waals surface area contributed by atoms with E-state index in [1.165, 1.54) is 12.1 Å². The molecule has 0 aromatic heterocycles. The first kappa shape index (κ1) is 14.7. The summed E-state index contributed by atoms with van der Waals surface area (Å²) in [5.74, 6) is 0.0838. The first-order valence-electron chi connectivity index (χ1n) is 6.49. The van der Waals surface area contributed by atoms with Crippen LogP contribution in [0.5, 0.6) is 0 Å². The lowest BCUT2D eigenvalue weighted by molar-refractivity contribution is -0.384. The fourth-order valence-corrected chi connectivity index (χ4v) is 2.42. The van der Waals surface area contributed by atoms with E-state index in [2.05, 4.69) is 5.32 Å². The second kappa shape index (κ2) is 6.67. The number of hydrogen-bond donors (Lipinski definition) is 1. The first-order chi connectivity index (χ1) is 9.58. The molecule has 1 fully saturated rings. The molecule has 108 valence electrons. The molecule has 6 nitrogen and oxygen atoms in total. The number of likely N-dealkylation sites (tertiary alicyclic amines) is 1. The minimum absolute atomic E-state index is 0.0353. The van der Waals surface area contributed by atoms with Gasteiger partial charge in [0.25, 0.3) is 5.69 Å². The summed E-state index contributed by atoms with van der Waals surface area (Å²) in [5, 5.41) is 14.0. The Kier molecular flexibility index (Phi) is 4.92.